The van der Waals surface area contributed by atoms with Crippen molar-refractivity contribution in [3.8, 4) is 0 Å². The first-order valence-electron chi connectivity index (χ1n) is 5.16. The van der Waals surface area contributed by atoms with Gasteiger partial charge in [-0.15, -0.1) is 0 Å². The highest BCUT2D eigenvalue weighted by atomic mass is 32.2. The van der Waals surface area contributed by atoms with E-state index in [-0.39, 0.29) is 24.1 Å². The Kier molecular flexibility index (Phi) is 2.71. The van der Waals surface area contributed by atoms with Crippen molar-refractivity contribution in [1.82, 2.24) is 4.31 Å². The van der Waals surface area contributed by atoms with Gasteiger partial charge in [-0.1, -0.05) is 30.3 Å². The van der Waals surface area contributed by atoms with Gasteiger partial charge in [0.05, 0.1) is 18.2 Å². The van der Waals surface area contributed by atoms with Crippen LogP contribution in [0.3, 0.4) is 0 Å². The minimum Gasteiger partial charge on any atom is -0.274 e. The van der Waals surface area contributed by atoms with Gasteiger partial charge in [0, 0.05) is 0 Å². The number of sulfonamides is 1. The third-order valence-electron chi connectivity index (χ3n) is 2.75. The van der Waals surface area contributed by atoms with E-state index >= 15 is 0 Å². The molecule has 2 rings (SSSR count). The molecular formula is C11H13NO3S. The van der Waals surface area contributed by atoms with Crippen LogP contribution >= 0.6 is 0 Å². The first-order chi connectivity index (χ1) is 7.56. The van der Waals surface area contributed by atoms with Gasteiger partial charge in [-0.05, 0) is 12.5 Å². The minimum atomic E-state index is -3.42. The largest absolute Gasteiger partial charge is 0.274 e. The average Bonchev–Trinajstić information content (AvgIpc) is 2.26. The van der Waals surface area contributed by atoms with Gasteiger partial charge in [-0.3, -0.25) is 4.79 Å². The molecule has 0 unspecified atom stereocenters. The highest BCUT2D eigenvalue weighted by Gasteiger charge is 2.44. The van der Waals surface area contributed by atoms with E-state index in [4.69, 9.17) is 0 Å². The molecule has 0 radical (unpaired) electrons. The summed E-state index contributed by atoms with van der Waals surface area (Å²) in [5.74, 6) is -0.349. The monoisotopic (exact) mass is 239 g/mol. The van der Waals surface area contributed by atoms with E-state index < -0.39 is 10.0 Å². The summed E-state index contributed by atoms with van der Waals surface area (Å²) >= 11 is 0. The van der Waals surface area contributed by atoms with Gasteiger partial charge in [0.1, 0.15) is 0 Å². The van der Waals surface area contributed by atoms with Crippen molar-refractivity contribution >= 4 is 15.9 Å². The molecule has 1 fully saturated rings. The molecule has 1 aliphatic rings. The topological polar surface area (TPSA) is 54.5 Å². The van der Waals surface area contributed by atoms with Gasteiger partial charge >= 0.3 is 0 Å². The number of amides is 1. The molecule has 4 nitrogen and oxygen atoms in total. The van der Waals surface area contributed by atoms with Crippen molar-refractivity contribution in [3.05, 3.63) is 35.9 Å². The molecule has 0 N–H and O–H groups in total. The summed E-state index contributed by atoms with van der Waals surface area (Å²) in [5.41, 5.74) is 0.874. The van der Waals surface area contributed by atoms with E-state index in [1.165, 1.54) is 0 Å². The number of carbonyl (C=O) groups is 1. The second-order valence-corrected chi connectivity index (χ2v) is 5.86. The van der Waals surface area contributed by atoms with Gasteiger partial charge in [0.25, 0.3) is 0 Å². The average molecular weight is 239 g/mol. The lowest BCUT2D eigenvalue weighted by Gasteiger charge is -2.39. The molecule has 1 atom stereocenters. The summed E-state index contributed by atoms with van der Waals surface area (Å²) in [6.45, 7) is 1.54. The van der Waals surface area contributed by atoms with Gasteiger partial charge in [0.15, 0.2) is 0 Å². The summed E-state index contributed by atoms with van der Waals surface area (Å²) in [5, 5.41) is 0. The molecule has 1 heterocycles. The maximum Gasteiger partial charge on any atom is 0.239 e. The second-order valence-electron chi connectivity index (χ2n) is 3.72. The molecule has 1 aromatic rings. The third-order valence-corrected chi connectivity index (χ3v) is 4.53. The number of benzene rings is 1. The SMILES string of the molecule is CCS(=O)(=O)N1C(=O)C[C@H]1c1ccccc1. The van der Waals surface area contributed by atoms with E-state index in [0.29, 0.717) is 0 Å². The Bertz CT molecular complexity index is 495. The lowest BCUT2D eigenvalue weighted by atomic mass is 9.97. The van der Waals surface area contributed by atoms with Gasteiger partial charge in [-0.25, -0.2) is 12.7 Å². The Labute approximate surface area is 94.9 Å². The standard InChI is InChI=1S/C11H13NO3S/c1-2-16(14,15)12-10(8-11(12)13)9-6-4-3-5-7-9/h3-7,10H,2,8H2,1H3/t10-/m0/s1. The normalized spacial score (nSPS) is 20.7. The fourth-order valence-electron chi connectivity index (χ4n) is 1.82. The van der Waals surface area contributed by atoms with Crippen molar-refractivity contribution in [3.63, 3.8) is 0 Å². The zero-order valence-electron chi connectivity index (χ0n) is 8.96. The smallest absolute Gasteiger partial charge is 0.239 e. The van der Waals surface area contributed by atoms with Crippen LogP contribution in [0.5, 0.6) is 0 Å². The molecule has 0 saturated carbocycles. The number of carbonyl (C=O) groups excluding carboxylic acids is 1. The fraction of sp³-hybridized carbons (Fsp3) is 0.364. The predicted molar refractivity (Wildman–Crippen MR) is 60.1 cm³/mol. The number of nitrogens with zero attached hydrogens (tertiary/aromatic N) is 1. The zero-order chi connectivity index (χ0) is 11.8. The van der Waals surface area contributed by atoms with E-state index in [1.54, 1.807) is 6.92 Å². The Morgan fingerprint density at radius 2 is 1.94 bits per heavy atom. The molecule has 1 saturated heterocycles. The molecule has 86 valence electrons. The fourth-order valence-corrected chi connectivity index (χ4v) is 3.06. The highest BCUT2D eigenvalue weighted by molar-refractivity contribution is 7.89. The van der Waals surface area contributed by atoms with Crippen LogP contribution in [-0.4, -0.2) is 24.4 Å². The summed E-state index contributed by atoms with van der Waals surface area (Å²) in [7, 11) is -3.42. The third kappa shape index (κ3) is 1.71. The Balaban J connectivity index is 2.30. The summed E-state index contributed by atoms with van der Waals surface area (Å²) in [6, 6.07) is 8.93. The van der Waals surface area contributed by atoms with Crippen LogP contribution in [0.15, 0.2) is 30.3 Å². The molecule has 5 heteroatoms. The van der Waals surface area contributed by atoms with Gasteiger partial charge in [0.2, 0.25) is 15.9 Å². The minimum absolute atomic E-state index is 0.0396. The van der Waals surface area contributed by atoms with Crippen molar-refractivity contribution in [2.24, 2.45) is 0 Å². The lowest BCUT2D eigenvalue weighted by Crippen LogP contribution is -2.50. The van der Waals surface area contributed by atoms with Gasteiger partial charge in [-0.2, -0.15) is 0 Å². The Morgan fingerprint density at radius 1 is 1.31 bits per heavy atom. The molecule has 0 aliphatic carbocycles. The second kappa shape index (κ2) is 3.90. The maximum atomic E-state index is 11.7. The molecule has 0 bridgehead atoms. The first-order valence-corrected chi connectivity index (χ1v) is 6.77. The predicted octanol–water partition coefficient (Wildman–Crippen LogP) is 1.31. The number of hydrogen-bond donors (Lipinski definition) is 0. The summed E-state index contributed by atoms with van der Waals surface area (Å²) in [6.07, 6.45) is 0.281. The summed E-state index contributed by atoms with van der Waals surface area (Å²) < 4.78 is 24.4. The van der Waals surface area contributed by atoms with Gasteiger partial charge < -0.3 is 0 Å². The van der Waals surface area contributed by atoms with Crippen LogP contribution in [-0.2, 0) is 14.8 Å². The number of β-lactam (4-membered cyclic amide) rings is 1. The zero-order valence-corrected chi connectivity index (χ0v) is 9.78. The quantitative estimate of drug-likeness (QED) is 0.747. The van der Waals surface area contributed by atoms with Crippen LogP contribution in [0.25, 0.3) is 0 Å². The van der Waals surface area contributed by atoms with E-state index in [9.17, 15) is 13.2 Å². The number of rotatable bonds is 3. The molecular weight excluding hydrogens is 226 g/mol. The summed E-state index contributed by atoms with van der Waals surface area (Å²) in [4.78, 5) is 11.4. The van der Waals surface area contributed by atoms with Crippen molar-refractivity contribution in [1.29, 1.82) is 0 Å². The lowest BCUT2D eigenvalue weighted by molar-refractivity contribution is -0.137. The number of hydrogen-bond acceptors (Lipinski definition) is 3. The van der Waals surface area contributed by atoms with Crippen LogP contribution in [0.2, 0.25) is 0 Å². The van der Waals surface area contributed by atoms with Crippen LogP contribution < -0.4 is 0 Å². The molecule has 1 aromatic carbocycles. The molecule has 0 spiro atoms. The van der Waals surface area contributed by atoms with E-state index in [1.807, 2.05) is 30.3 Å². The Hall–Kier alpha value is -1.36. The molecule has 1 amide bonds. The molecule has 1 aliphatic heterocycles. The van der Waals surface area contributed by atoms with Crippen molar-refractivity contribution in [2.75, 3.05) is 5.75 Å². The van der Waals surface area contributed by atoms with Crippen molar-refractivity contribution < 1.29 is 13.2 Å². The highest BCUT2D eigenvalue weighted by Crippen LogP contribution is 2.36. The van der Waals surface area contributed by atoms with Crippen LogP contribution in [0.1, 0.15) is 24.9 Å². The molecule has 0 aromatic heterocycles. The van der Waals surface area contributed by atoms with Crippen molar-refractivity contribution in [2.45, 2.75) is 19.4 Å². The first kappa shape index (κ1) is 11.1. The van der Waals surface area contributed by atoms with E-state index in [2.05, 4.69) is 0 Å². The maximum absolute atomic E-state index is 11.7. The molecule has 16 heavy (non-hydrogen) atoms. The van der Waals surface area contributed by atoms with E-state index in [0.717, 1.165) is 9.87 Å². The van der Waals surface area contributed by atoms with Crippen LogP contribution in [0, 0.1) is 0 Å². The van der Waals surface area contributed by atoms with Crippen LogP contribution in [0.4, 0.5) is 0 Å². The Morgan fingerprint density at radius 3 is 2.44 bits per heavy atom.